The maximum atomic E-state index is 11.0. The standard InChI is InChI=1S/C47H56N4O2/c1-27(2)32-22-37(28(3)4)42(38(23-32)29(5)6)51-43-36-15-13-12-14-30(36)18-19-47(10,11)44(43)50-45(51)33-21-35(26-48-25-33)53-40-17-16-31-20-34(46(7,8)9)24-39(52)41(31)49-40/h12-17,20-29,43-44,52H,18-19H2,1-11H3/t43-,44+/m0/s1. The molecule has 0 unspecified atom stereocenters. The first-order chi connectivity index (χ1) is 25.0. The minimum Gasteiger partial charge on any atom is -0.506 e. The summed E-state index contributed by atoms with van der Waals surface area (Å²) in [6, 6.07) is 23.7. The van der Waals surface area contributed by atoms with Gasteiger partial charge in [0.2, 0.25) is 5.88 Å². The highest BCUT2D eigenvalue weighted by Crippen LogP contribution is 2.52. The average Bonchev–Trinajstić information content (AvgIpc) is 3.47. The number of fused-ring (bicyclic) bond motifs is 4. The van der Waals surface area contributed by atoms with Crippen molar-refractivity contribution in [1.29, 1.82) is 0 Å². The van der Waals surface area contributed by atoms with Crippen LogP contribution in [-0.2, 0) is 11.8 Å². The lowest BCUT2D eigenvalue weighted by atomic mass is 9.78. The van der Waals surface area contributed by atoms with Gasteiger partial charge >= 0.3 is 0 Å². The van der Waals surface area contributed by atoms with E-state index in [0.717, 1.165) is 35.2 Å². The Hall–Kier alpha value is -4.71. The molecule has 2 aliphatic rings. The van der Waals surface area contributed by atoms with Crippen LogP contribution in [0.3, 0.4) is 0 Å². The highest BCUT2D eigenvalue weighted by atomic mass is 16.5. The van der Waals surface area contributed by atoms with Crippen LogP contribution >= 0.6 is 0 Å². The van der Waals surface area contributed by atoms with Crippen molar-refractivity contribution >= 4 is 22.4 Å². The summed E-state index contributed by atoms with van der Waals surface area (Å²) in [6.07, 6.45) is 5.73. The van der Waals surface area contributed by atoms with Crippen LogP contribution in [0.15, 0.2) is 84.1 Å². The number of aryl methyl sites for hydroxylation is 1. The van der Waals surface area contributed by atoms with E-state index in [2.05, 4.69) is 124 Å². The summed E-state index contributed by atoms with van der Waals surface area (Å²) in [7, 11) is 0. The number of amidine groups is 1. The highest BCUT2D eigenvalue weighted by Gasteiger charge is 2.49. The Kier molecular flexibility index (Phi) is 9.41. The minimum absolute atomic E-state index is 0.0197. The minimum atomic E-state index is -0.0972. The molecule has 0 radical (unpaired) electrons. The normalized spacial score (nSPS) is 18.4. The van der Waals surface area contributed by atoms with Crippen LogP contribution in [0.25, 0.3) is 10.9 Å². The summed E-state index contributed by atoms with van der Waals surface area (Å²) in [5, 5.41) is 11.9. The van der Waals surface area contributed by atoms with E-state index >= 15 is 0 Å². The molecule has 53 heavy (non-hydrogen) atoms. The van der Waals surface area contributed by atoms with Gasteiger partial charge in [0.25, 0.3) is 0 Å². The Balaban J connectivity index is 1.39. The molecule has 1 N–H and O–H groups in total. The van der Waals surface area contributed by atoms with E-state index in [1.54, 1.807) is 12.3 Å². The Labute approximate surface area is 316 Å². The van der Waals surface area contributed by atoms with Crippen molar-refractivity contribution in [3.63, 3.8) is 0 Å². The predicted octanol–water partition coefficient (Wildman–Crippen LogP) is 12.1. The second-order valence-corrected chi connectivity index (χ2v) is 17.9. The van der Waals surface area contributed by atoms with Crippen molar-refractivity contribution in [2.75, 3.05) is 4.90 Å². The van der Waals surface area contributed by atoms with Crippen LogP contribution < -0.4 is 9.64 Å². The van der Waals surface area contributed by atoms with Crippen LogP contribution in [0, 0.1) is 5.41 Å². The molecular formula is C47H56N4O2. The van der Waals surface area contributed by atoms with Gasteiger partial charge in [0, 0.05) is 23.2 Å². The largest absolute Gasteiger partial charge is 0.506 e. The van der Waals surface area contributed by atoms with Gasteiger partial charge in [-0.3, -0.25) is 9.98 Å². The smallest absolute Gasteiger partial charge is 0.220 e. The predicted molar refractivity (Wildman–Crippen MR) is 219 cm³/mol. The third kappa shape index (κ3) is 6.82. The lowest BCUT2D eigenvalue weighted by Crippen LogP contribution is -2.39. The molecule has 6 nitrogen and oxygen atoms in total. The van der Waals surface area contributed by atoms with Crippen LogP contribution in [0.2, 0.25) is 0 Å². The van der Waals surface area contributed by atoms with Crippen LogP contribution in [-0.4, -0.2) is 27.0 Å². The number of phenolic OH excluding ortho intramolecular Hbond substituents is 1. The third-order valence-corrected chi connectivity index (χ3v) is 11.4. The molecule has 0 fully saturated rings. The molecule has 0 bridgehead atoms. The second-order valence-electron chi connectivity index (χ2n) is 17.9. The third-order valence-electron chi connectivity index (χ3n) is 11.4. The van der Waals surface area contributed by atoms with Gasteiger partial charge in [0.1, 0.15) is 22.9 Å². The van der Waals surface area contributed by atoms with Crippen molar-refractivity contribution in [3.05, 3.63) is 118 Å². The molecule has 2 aromatic heterocycles. The van der Waals surface area contributed by atoms with E-state index < -0.39 is 0 Å². The molecule has 1 aliphatic heterocycles. The average molecular weight is 709 g/mol. The number of ether oxygens (including phenoxy) is 1. The van der Waals surface area contributed by atoms with Gasteiger partial charge in [0.15, 0.2) is 0 Å². The Morgan fingerprint density at radius 2 is 1.55 bits per heavy atom. The van der Waals surface area contributed by atoms with Crippen molar-refractivity contribution in [1.82, 2.24) is 9.97 Å². The van der Waals surface area contributed by atoms with E-state index in [1.807, 2.05) is 24.4 Å². The van der Waals surface area contributed by atoms with Crippen molar-refractivity contribution in [2.24, 2.45) is 10.4 Å². The Morgan fingerprint density at radius 1 is 0.849 bits per heavy atom. The molecular weight excluding hydrogens is 653 g/mol. The summed E-state index contributed by atoms with van der Waals surface area (Å²) in [6.45, 7) is 25.0. The summed E-state index contributed by atoms with van der Waals surface area (Å²) in [5.74, 6) is 3.05. The number of aromatic hydroxyl groups is 1. The number of hydrogen-bond acceptors (Lipinski definition) is 6. The molecule has 276 valence electrons. The zero-order valence-electron chi connectivity index (χ0n) is 33.5. The van der Waals surface area contributed by atoms with Gasteiger partial charge in [-0.1, -0.05) is 113 Å². The molecule has 0 saturated heterocycles. The van der Waals surface area contributed by atoms with Crippen LogP contribution in [0.1, 0.15) is 145 Å². The molecule has 2 atom stereocenters. The maximum Gasteiger partial charge on any atom is 0.220 e. The SMILES string of the molecule is CC(C)c1cc(C(C)C)c(N2C(c3cncc(Oc4ccc5cc(C(C)(C)C)cc(O)c5n4)c3)=N[C@@H]3[C@@H]2c2ccccc2CCC3(C)C)c(C(C)C)c1. The molecule has 5 aromatic rings. The maximum absolute atomic E-state index is 11.0. The molecule has 1 aliphatic carbocycles. The van der Waals surface area contributed by atoms with Crippen molar-refractivity contribution in [3.8, 4) is 17.4 Å². The molecule has 0 amide bonds. The summed E-state index contributed by atoms with van der Waals surface area (Å²) in [4.78, 5) is 17.8. The molecule has 3 heterocycles. The number of aliphatic imine (C=N–C) groups is 1. The number of anilines is 1. The lowest BCUT2D eigenvalue weighted by molar-refractivity contribution is 0.255. The first-order valence-electron chi connectivity index (χ1n) is 19.4. The fourth-order valence-corrected chi connectivity index (χ4v) is 8.16. The van der Waals surface area contributed by atoms with E-state index in [1.165, 1.54) is 33.5 Å². The second kappa shape index (κ2) is 13.6. The number of nitrogens with zero attached hydrogens (tertiary/aromatic N) is 4. The fraction of sp³-hybridized carbons (Fsp3) is 0.426. The molecule has 6 heteroatoms. The van der Waals surface area contributed by atoms with E-state index in [4.69, 9.17) is 19.7 Å². The van der Waals surface area contributed by atoms with E-state index in [-0.39, 0.29) is 28.7 Å². The van der Waals surface area contributed by atoms with Crippen molar-refractivity contribution < 1.29 is 9.84 Å². The Bertz CT molecular complexity index is 2180. The van der Waals surface area contributed by atoms with Gasteiger partial charge < -0.3 is 14.7 Å². The lowest BCUT2D eigenvalue weighted by Gasteiger charge is -2.39. The molecule has 0 spiro atoms. The quantitative estimate of drug-likeness (QED) is 0.182. The first-order valence-corrected chi connectivity index (χ1v) is 19.4. The molecule has 0 saturated carbocycles. The van der Waals surface area contributed by atoms with Crippen LogP contribution in [0.5, 0.6) is 17.4 Å². The van der Waals surface area contributed by atoms with Gasteiger partial charge in [-0.15, -0.1) is 0 Å². The number of rotatable bonds is 7. The number of pyridine rings is 2. The summed E-state index contributed by atoms with van der Waals surface area (Å²) < 4.78 is 6.42. The monoisotopic (exact) mass is 708 g/mol. The van der Waals surface area contributed by atoms with Crippen molar-refractivity contribution in [2.45, 2.75) is 124 Å². The number of benzene rings is 3. The highest BCUT2D eigenvalue weighted by molar-refractivity contribution is 6.13. The van der Waals surface area contributed by atoms with Gasteiger partial charge in [0.05, 0.1) is 24.0 Å². The number of phenols is 1. The van der Waals surface area contributed by atoms with Gasteiger partial charge in [-0.25, -0.2) is 4.98 Å². The van der Waals surface area contributed by atoms with Gasteiger partial charge in [-0.05, 0) is 99.1 Å². The van der Waals surface area contributed by atoms with Crippen LogP contribution in [0.4, 0.5) is 5.69 Å². The Morgan fingerprint density at radius 3 is 2.21 bits per heavy atom. The molecule has 3 aromatic carbocycles. The zero-order valence-corrected chi connectivity index (χ0v) is 33.5. The summed E-state index contributed by atoms with van der Waals surface area (Å²) >= 11 is 0. The topological polar surface area (TPSA) is 70.8 Å². The number of hydrogen-bond donors (Lipinski definition) is 1. The number of aromatic nitrogens is 2. The van der Waals surface area contributed by atoms with Gasteiger partial charge in [-0.2, -0.15) is 0 Å². The van der Waals surface area contributed by atoms with E-state index in [9.17, 15) is 5.11 Å². The zero-order chi connectivity index (χ0) is 38.0. The summed E-state index contributed by atoms with van der Waals surface area (Å²) in [5.41, 5.74) is 10.4. The first kappa shape index (κ1) is 36.6. The fourth-order valence-electron chi connectivity index (χ4n) is 8.16. The van der Waals surface area contributed by atoms with E-state index in [0.29, 0.717) is 34.9 Å². The molecule has 7 rings (SSSR count).